The molecule has 5 heteroatoms. The third-order valence-corrected chi connectivity index (χ3v) is 5.35. The van der Waals surface area contributed by atoms with E-state index < -0.39 is 0 Å². The Bertz CT molecular complexity index is 932. The molecule has 0 N–H and O–H groups in total. The molecule has 1 aromatic carbocycles. The van der Waals surface area contributed by atoms with E-state index in [9.17, 15) is 4.79 Å². The van der Waals surface area contributed by atoms with E-state index in [0.717, 1.165) is 29.7 Å². The van der Waals surface area contributed by atoms with E-state index in [1.165, 1.54) is 5.56 Å². The smallest absolute Gasteiger partial charge is 0.255 e. The van der Waals surface area contributed by atoms with Gasteiger partial charge in [0.2, 0.25) is 0 Å². The standard InChI is InChI=1S/C20H22N4O/c1-13-18-11-16(12-21-19(18)23(3)22-13)20(25)24-10-9-17(14(24)2)15-7-5-4-6-8-15/h4-8,11-12,14,17H,9-10H2,1-3H3/t14-,17+/m1/s1. The maximum atomic E-state index is 13.1. The molecule has 0 bridgehead atoms. The van der Waals surface area contributed by atoms with Gasteiger partial charge in [-0.15, -0.1) is 0 Å². The minimum Gasteiger partial charge on any atom is -0.335 e. The number of fused-ring (bicyclic) bond motifs is 1. The first-order valence-electron chi connectivity index (χ1n) is 8.71. The van der Waals surface area contributed by atoms with Crippen molar-refractivity contribution in [1.29, 1.82) is 0 Å². The molecule has 5 nitrogen and oxygen atoms in total. The molecule has 128 valence electrons. The van der Waals surface area contributed by atoms with Crippen LogP contribution in [0.3, 0.4) is 0 Å². The van der Waals surface area contributed by atoms with Crippen LogP contribution in [0.25, 0.3) is 11.0 Å². The number of hydrogen-bond donors (Lipinski definition) is 0. The summed E-state index contributed by atoms with van der Waals surface area (Å²) in [6.45, 7) is 4.87. The zero-order valence-corrected chi connectivity index (χ0v) is 14.8. The number of aryl methyl sites for hydroxylation is 2. The van der Waals surface area contributed by atoms with E-state index in [0.29, 0.717) is 11.5 Å². The average Bonchev–Trinajstić information content (AvgIpc) is 3.15. The monoisotopic (exact) mass is 334 g/mol. The van der Waals surface area contributed by atoms with Gasteiger partial charge in [-0.05, 0) is 31.9 Å². The Labute approximate surface area is 147 Å². The largest absolute Gasteiger partial charge is 0.335 e. The lowest BCUT2D eigenvalue weighted by atomic mass is 9.93. The first-order chi connectivity index (χ1) is 12.1. The number of benzene rings is 1. The first kappa shape index (κ1) is 15.8. The number of rotatable bonds is 2. The molecule has 1 aliphatic rings. The van der Waals surface area contributed by atoms with Gasteiger partial charge in [0.25, 0.3) is 5.91 Å². The van der Waals surface area contributed by atoms with Gasteiger partial charge >= 0.3 is 0 Å². The summed E-state index contributed by atoms with van der Waals surface area (Å²) in [4.78, 5) is 19.5. The topological polar surface area (TPSA) is 51.0 Å². The van der Waals surface area contributed by atoms with E-state index >= 15 is 0 Å². The number of carbonyl (C=O) groups is 1. The average molecular weight is 334 g/mol. The Morgan fingerprint density at radius 2 is 2.00 bits per heavy atom. The normalized spacial score (nSPS) is 20.4. The Morgan fingerprint density at radius 1 is 1.24 bits per heavy atom. The minimum absolute atomic E-state index is 0.0589. The number of hydrogen-bond acceptors (Lipinski definition) is 3. The van der Waals surface area contributed by atoms with E-state index in [-0.39, 0.29) is 11.9 Å². The Hall–Kier alpha value is -2.69. The molecule has 2 atom stereocenters. The highest BCUT2D eigenvalue weighted by Crippen LogP contribution is 2.34. The molecule has 1 saturated heterocycles. The quantitative estimate of drug-likeness (QED) is 0.722. The van der Waals surface area contributed by atoms with Crippen LogP contribution < -0.4 is 0 Å². The molecule has 1 amide bonds. The lowest BCUT2D eigenvalue weighted by Gasteiger charge is -2.25. The fraction of sp³-hybridized carbons (Fsp3) is 0.350. The lowest BCUT2D eigenvalue weighted by molar-refractivity contribution is 0.0742. The van der Waals surface area contributed by atoms with E-state index in [1.54, 1.807) is 10.9 Å². The highest BCUT2D eigenvalue weighted by Gasteiger charge is 2.35. The molecular formula is C20H22N4O. The van der Waals surface area contributed by atoms with Crippen LogP contribution in [0.2, 0.25) is 0 Å². The summed E-state index contributed by atoms with van der Waals surface area (Å²) in [5, 5.41) is 5.33. The summed E-state index contributed by atoms with van der Waals surface area (Å²) in [6.07, 6.45) is 2.67. The van der Waals surface area contributed by atoms with Crippen LogP contribution in [-0.2, 0) is 7.05 Å². The number of amides is 1. The molecule has 0 spiro atoms. The molecule has 0 aliphatic carbocycles. The molecule has 1 aliphatic heterocycles. The van der Waals surface area contributed by atoms with Gasteiger partial charge in [0.15, 0.2) is 5.65 Å². The van der Waals surface area contributed by atoms with Gasteiger partial charge in [-0.1, -0.05) is 30.3 Å². The van der Waals surface area contributed by atoms with Crippen molar-refractivity contribution in [3.05, 3.63) is 59.4 Å². The Morgan fingerprint density at radius 3 is 2.76 bits per heavy atom. The van der Waals surface area contributed by atoms with Crippen molar-refractivity contribution in [2.24, 2.45) is 7.05 Å². The van der Waals surface area contributed by atoms with Gasteiger partial charge in [0.05, 0.1) is 11.3 Å². The number of pyridine rings is 1. The second kappa shape index (κ2) is 5.99. The molecule has 3 aromatic rings. The van der Waals surface area contributed by atoms with Gasteiger partial charge in [0, 0.05) is 37.1 Å². The summed E-state index contributed by atoms with van der Waals surface area (Å²) in [5.41, 5.74) is 3.66. The molecule has 0 radical (unpaired) electrons. The highest BCUT2D eigenvalue weighted by molar-refractivity contribution is 5.97. The van der Waals surface area contributed by atoms with Crippen LogP contribution in [0.4, 0.5) is 0 Å². The van der Waals surface area contributed by atoms with Gasteiger partial charge < -0.3 is 4.90 Å². The molecule has 4 rings (SSSR count). The van der Waals surface area contributed by atoms with Crippen LogP contribution >= 0.6 is 0 Å². The van der Waals surface area contributed by atoms with Crippen molar-refractivity contribution >= 4 is 16.9 Å². The van der Waals surface area contributed by atoms with Gasteiger partial charge in [-0.25, -0.2) is 4.98 Å². The van der Waals surface area contributed by atoms with Crippen LogP contribution in [0.15, 0.2) is 42.6 Å². The first-order valence-corrected chi connectivity index (χ1v) is 8.71. The van der Waals surface area contributed by atoms with Crippen molar-refractivity contribution in [3.8, 4) is 0 Å². The summed E-state index contributed by atoms with van der Waals surface area (Å²) >= 11 is 0. The second-order valence-electron chi connectivity index (χ2n) is 6.85. The van der Waals surface area contributed by atoms with Gasteiger partial charge in [0.1, 0.15) is 0 Å². The number of likely N-dealkylation sites (tertiary alicyclic amines) is 1. The third kappa shape index (κ3) is 2.60. The number of aromatic nitrogens is 3. The lowest BCUT2D eigenvalue weighted by Crippen LogP contribution is -2.35. The van der Waals surface area contributed by atoms with Crippen molar-refractivity contribution in [2.45, 2.75) is 32.2 Å². The fourth-order valence-corrected chi connectivity index (χ4v) is 3.96. The molecular weight excluding hydrogens is 312 g/mol. The van der Waals surface area contributed by atoms with Gasteiger partial charge in [-0.3, -0.25) is 9.48 Å². The van der Waals surface area contributed by atoms with Crippen molar-refractivity contribution in [2.75, 3.05) is 6.54 Å². The molecule has 3 heterocycles. The Balaban J connectivity index is 1.62. The van der Waals surface area contributed by atoms with E-state index in [4.69, 9.17) is 0 Å². The van der Waals surface area contributed by atoms with Crippen molar-refractivity contribution in [3.63, 3.8) is 0 Å². The molecule has 2 aromatic heterocycles. The predicted molar refractivity (Wildman–Crippen MR) is 97.5 cm³/mol. The maximum Gasteiger partial charge on any atom is 0.255 e. The predicted octanol–water partition coefficient (Wildman–Crippen LogP) is 3.29. The van der Waals surface area contributed by atoms with Crippen LogP contribution in [0, 0.1) is 6.92 Å². The summed E-state index contributed by atoms with van der Waals surface area (Å²) < 4.78 is 1.75. The second-order valence-corrected chi connectivity index (χ2v) is 6.85. The highest BCUT2D eigenvalue weighted by atomic mass is 16.2. The zero-order chi connectivity index (χ0) is 17.6. The zero-order valence-electron chi connectivity index (χ0n) is 14.8. The minimum atomic E-state index is 0.0589. The molecule has 1 fully saturated rings. The fourth-order valence-electron chi connectivity index (χ4n) is 3.96. The molecule has 0 unspecified atom stereocenters. The van der Waals surface area contributed by atoms with E-state index in [1.807, 2.05) is 31.0 Å². The summed E-state index contributed by atoms with van der Waals surface area (Å²) in [6, 6.07) is 12.6. The Kier molecular flexibility index (Phi) is 3.79. The summed E-state index contributed by atoms with van der Waals surface area (Å²) in [7, 11) is 1.87. The van der Waals surface area contributed by atoms with Crippen LogP contribution in [-0.4, -0.2) is 38.2 Å². The number of carbonyl (C=O) groups excluding carboxylic acids is 1. The third-order valence-electron chi connectivity index (χ3n) is 5.35. The van der Waals surface area contributed by atoms with Crippen molar-refractivity contribution in [1.82, 2.24) is 19.7 Å². The van der Waals surface area contributed by atoms with Gasteiger partial charge in [-0.2, -0.15) is 5.10 Å². The summed E-state index contributed by atoms with van der Waals surface area (Å²) in [5.74, 6) is 0.450. The van der Waals surface area contributed by atoms with Crippen LogP contribution in [0.5, 0.6) is 0 Å². The van der Waals surface area contributed by atoms with E-state index in [2.05, 4.69) is 41.3 Å². The van der Waals surface area contributed by atoms with Crippen molar-refractivity contribution < 1.29 is 4.79 Å². The molecule has 0 saturated carbocycles. The molecule has 25 heavy (non-hydrogen) atoms. The van der Waals surface area contributed by atoms with Crippen LogP contribution in [0.1, 0.15) is 40.9 Å². The SMILES string of the molecule is Cc1nn(C)c2ncc(C(=O)N3CC[C@H](c4ccccc4)[C@H]3C)cc12. The maximum absolute atomic E-state index is 13.1. The number of nitrogens with zero attached hydrogens (tertiary/aromatic N) is 4.